The third-order valence-electron chi connectivity index (χ3n) is 6.31. The van der Waals surface area contributed by atoms with E-state index in [4.69, 9.17) is 5.10 Å². The lowest BCUT2D eigenvalue weighted by Crippen LogP contribution is -2.59. The number of piperazine rings is 1. The highest BCUT2D eigenvalue weighted by Crippen LogP contribution is 2.36. The summed E-state index contributed by atoms with van der Waals surface area (Å²) in [5.41, 5.74) is 0.759. The van der Waals surface area contributed by atoms with Crippen LogP contribution in [0.4, 0.5) is 25.2 Å². The van der Waals surface area contributed by atoms with Gasteiger partial charge in [0.15, 0.2) is 11.5 Å². The largest absolute Gasteiger partial charge is 0.348 e. The lowest BCUT2D eigenvalue weighted by atomic mass is 10.0. The topological polar surface area (TPSA) is 77.8 Å². The molecule has 2 aliphatic rings. The first-order chi connectivity index (χ1) is 15.8. The van der Waals surface area contributed by atoms with Crippen molar-refractivity contribution in [1.29, 1.82) is 0 Å². The predicted octanol–water partition coefficient (Wildman–Crippen LogP) is 3.56. The number of urea groups is 1. The summed E-state index contributed by atoms with van der Waals surface area (Å²) in [5, 5.41) is 11.0. The van der Waals surface area contributed by atoms with Crippen LogP contribution in [0.3, 0.4) is 0 Å². The van der Waals surface area contributed by atoms with Crippen molar-refractivity contribution in [3.05, 3.63) is 53.7 Å². The molecule has 0 aliphatic carbocycles. The van der Waals surface area contributed by atoms with Crippen molar-refractivity contribution in [1.82, 2.24) is 24.8 Å². The summed E-state index contributed by atoms with van der Waals surface area (Å²) in [5.74, 6) is 0.188. The zero-order valence-corrected chi connectivity index (χ0v) is 18.7. The summed E-state index contributed by atoms with van der Waals surface area (Å²) in [6.45, 7) is 6.71. The van der Waals surface area contributed by atoms with Gasteiger partial charge in [-0.1, -0.05) is 0 Å². The number of aromatic nitrogens is 3. The van der Waals surface area contributed by atoms with E-state index in [9.17, 15) is 13.6 Å². The molecule has 10 heteroatoms. The van der Waals surface area contributed by atoms with Crippen LogP contribution in [0.1, 0.15) is 38.3 Å². The van der Waals surface area contributed by atoms with Crippen LogP contribution in [0.25, 0.3) is 5.65 Å². The van der Waals surface area contributed by atoms with Gasteiger partial charge in [-0.3, -0.25) is 5.32 Å². The fraction of sp³-hybridized carbons (Fsp3) is 0.435. The number of fused-ring (bicyclic) bond motifs is 1. The molecule has 33 heavy (non-hydrogen) atoms. The summed E-state index contributed by atoms with van der Waals surface area (Å²) in [7, 11) is 0. The standard InChI is InChI=1S/C23H27F2N7O/c1-23(2)14-30(11-9-27-23)22(33)28-21-13-26-19-7-8-20(29-32(19)21)31-10-3-4-18(31)16-12-15(24)5-6-17(16)25/h5-8,12-13,18,27H,3-4,9-11,14H2,1-2H3,(H,28,33)/t18-/m1/s1. The fourth-order valence-electron chi connectivity index (χ4n) is 4.74. The average molecular weight is 456 g/mol. The summed E-state index contributed by atoms with van der Waals surface area (Å²) < 4.78 is 29.9. The number of hydrogen-bond donors (Lipinski definition) is 2. The van der Waals surface area contributed by atoms with Crippen LogP contribution in [-0.2, 0) is 0 Å². The minimum Gasteiger partial charge on any atom is -0.348 e. The number of benzene rings is 1. The molecular weight excluding hydrogens is 428 g/mol. The first-order valence-corrected chi connectivity index (χ1v) is 11.2. The van der Waals surface area contributed by atoms with E-state index >= 15 is 0 Å². The van der Waals surface area contributed by atoms with Gasteiger partial charge in [0.2, 0.25) is 0 Å². The van der Waals surface area contributed by atoms with Gasteiger partial charge in [-0.25, -0.2) is 18.6 Å². The Labute approximate surface area is 190 Å². The summed E-state index contributed by atoms with van der Waals surface area (Å²) in [6.07, 6.45) is 3.12. The molecule has 1 aromatic carbocycles. The number of rotatable bonds is 3. The van der Waals surface area contributed by atoms with Gasteiger partial charge in [-0.15, -0.1) is 5.10 Å². The van der Waals surface area contributed by atoms with E-state index < -0.39 is 11.6 Å². The van der Waals surface area contributed by atoms with E-state index in [1.807, 2.05) is 17.0 Å². The Hall–Kier alpha value is -3.27. The van der Waals surface area contributed by atoms with Gasteiger partial charge >= 0.3 is 6.03 Å². The normalized spacial score (nSPS) is 20.4. The smallest absolute Gasteiger partial charge is 0.323 e. The molecule has 0 saturated carbocycles. The minimum atomic E-state index is -0.461. The molecular formula is C23H27F2N7O. The number of halogens is 2. The molecule has 0 unspecified atom stereocenters. The number of anilines is 2. The van der Waals surface area contributed by atoms with Gasteiger partial charge in [0.05, 0.1) is 12.2 Å². The molecule has 3 aromatic rings. The number of imidazole rings is 1. The van der Waals surface area contributed by atoms with Crippen molar-refractivity contribution in [3.63, 3.8) is 0 Å². The molecule has 174 valence electrons. The van der Waals surface area contributed by atoms with Crippen molar-refractivity contribution >= 4 is 23.3 Å². The van der Waals surface area contributed by atoms with Gasteiger partial charge in [0, 0.05) is 37.3 Å². The fourth-order valence-corrected chi connectivity index (χ4v) is 4.74. The van der Waals surface area contributed by atoms with Gasteiger partial charge < -0.3 is 15.1 Å². The zero-order valence-electron chi connectivity index (χ0n) is 18.7. The molecule has 8 nitrogen and oxygen atoms in total. The van der Waals surface area contributed by atoms with Gasteiger partial charge in [-0.2, -0.15) is 4.52 Å². The first-order valence-electron chi connectivity index (χ1n) is 11.2. The highest BCUT2D eigenvalue weighted by Gasteiger charge is 2.31. The van der Waals surface area contributed by atoms with Crippen molar-refractivity contribution in [2.45, 2.75) is 38.3 Å². The Balaban J connectivity index is 1.41. The lowest BCUT2D eigenvalue weighted by molar-refractivity contribution is 0.165. The van der Waals surface area contributed by atoms with E-state index in [0.717, 1.165) is 19.0 Å². The van der Waals surface area contributed by atoms with Crippen molar-refractivity contribution in [2.75, 3.05) is 36.4 Å². The number of carbonyl (C=O) groups excluding carboxylic acids is 1. The van der Waals surface area contributed by atoms with Crippen LogP contribution in [0, 0.1) is 11.6 Å². The molecule has 0 bridgehead atoms. The van der Waals surface area contributed by atoms with Crippen molar-refractivity contribution < 1.29 is 13.6 Å². The number of nitrogens with one attached hydrogen (secondary N) is 2. The molecule has 2 fully saturated rings. The monoisotopic (exact) mass is 455 g/mol. The lowest BCUT2D eigenvalue weighted by Gasteiger charge is -2.38. The Morgan fingerprint density at radius 2 is 2.06 bits per heavy atom. The first kappa shape index (κ1) is 21.6. The molecule has 2 aromatic heterocycles. The third kappa shape index (κ3) is 4.22. The maximum atomic E-state index is 14.5. The van der Waals surface area contributed by atoms with E-state index in [-0.39, 0.29) is 17.6 Å². The Kier molecular flexibility index (Phi) is 5.40. The predicted molar refractivity (Wildman–Crippen MR) is 121 cm³/mol. The highest BCUT2D eigenvalue weighted by molar-refractivity contribution is 5.89. The van der Waals surface area contributed by atoms with E-state index in [1.165, 1.54) is 12.1 Å². The molecule has 2 N–H and O–H groups in total. The molecule has 2 amide bonds. The maximum absolute atomic E-state index is 14.5. The number of amides is 2. The van der Waals surface area contributed by atoms with Crippen molar-refractivity contribution in [3.8, 4) is 0 Å². The quantitative estimate of drug-likeness (QED) is 0.632. The van der Waals surface area contributed by atoms with Crippen LogP contribution in [0.15, 0.2) is 36.5 Å². The second-order valence-electron chi connectivity index (χ2n) is 9.28. The molecule has 1 atom stereocenters. The number of carbonyl (C=O) groups is 1. The van der Waals surface area contributed by atoms with E-state index in [1.54, 1.807) is 15.6 Å². The summed E-state index contributed by atoms with van der Waals surface area (Å²) >= 11 is 0. The van der Waals surface area contributed by atoms with Gasteiger partial charge in [0.1, 0.15) is 17.5 Å². The second-order valence-corrected chi connectivity index (χ2v) is 9.28. The minimum absolute atomic E-state index is 0.155. The van der Waals surface area contributed by atoms with Gasteiger partial charge in [0.25, 0.3) is 0 Å². The SMILES string of the molecule is CC1(C)CN(C(=O)Nc2cnc3ccc(N4CCC[C@@H]4c4cc(F)ccc4F)nn23)CCN1. The van der Waals surface area contributed by atoms with E-state index in [2.05, 4.69) is 29.5 Å². The van der Waals surface area contributed by atoms with E-state index in [0.29, 0.717) is 48.9 Å². The second kappa shape index (κ2) is 8.26. The number of hydrogen-bond acceptors (Lipinski definition) is 5. The molecule has 4 heterocycles. The molecule has 5 rings (SSSR count). The average Bonchev–Trinajstić information content (AvgIpc) is 3.42. The Morgan fingerprint density at radius 1 is 1.21 bits per heavy atom. The summed E-state index contributed by atoms with van der Waals surface area (Å²) in [6, 6.07) is 6.66. The van der Waals surface area contributed by atoms with Crippen LogP contribution in [0.2, 0.25) is 0 Å². The zero-order chi connectivity index (χ0) is 23.2. The third-order valence-corrected chi connectivity index (χ3v) is 6.31. The van der Waals surface area contributed by atoms with Crippen LogP contribution in [-0.4, -0.2) is 57.2 Å². The van der Waals surface area contributed by atoms with Crippen LogP contribution in [0.5, 0.6) is 0 Å². The molecule has 0 spiro atoms. The number of nitrogens with zero attached hydrogens (tertiary/aromatic N) is 5. The maximum Gasteiger partial charge on any atom is 0.323 e. The highest BCUT2D eigenvalue weighted by atomic mass is 19.1. The van der Waals surface area contributed by atoms with Crippen LogP contribution >= 0.6 is 0 Å². The van der Waals surface area contributed by atoms with Crippen LogP contribution < -0.4 is 15.5 Å². The molecule has 0 radical (unpaired) electrons. The van der Waals surface area contributed by atoms with Crippen molar-refractivity contribution in [2.24, 2.45) is 0 Å². The molecule has 2 saturated heterocycles. The summed E-state index contributed by atoms with van der Waals surface area (Å²) in [4.78, 5) is 21.0. The molecule has 2 aliphatic heterocycles. The van der Waals surface area contributed by atoms with Gasteiger partial charge in [-0.05, 0) is 57.0 Å². The Bertz CT molecular complexity index is 1190. The Morgan fingerprint density at radius 3 is 2.88 bits per heavy atom.